The number of likely N-dealkylation sites (tertiary alicyclic amines) is 1. The number of benzene rings is 2. The van der Waals surface area contributed by atoms with Gasteiger partial charge >= 0.3 is 0 Å². The summed E-state index contributed by atoms with van der Waals surface area (Å²) in [7, 11) is 1.57. The molecule has 0 atom stereocenters. The van der Waals surface area contributed by atoms with Crippen molar-refractivity contribution in [3.63, 3.8) is 0 Å². The lowest BCUT2D eigenvalue weighted by Gasteiger charge is -2.43. The van der Waals surface area contributed by atoms with Gasteiger partial charge < -0.3 is 15.0 Å². The Morgan fingerprint density at radius 2 is 1.84 bits per heavy atom. The Kier molecular flexibility index (Phi) is 8.09. The maximum Gasteiger partial charge on any atom is 0.255 e. The second-order valence-electron chi connectivity index (χ2n) is 7.96. The Labute approximate surface area is 190 Å². The number of methoxy groups -OCH3 is 1. The van der Waals surface area contributed by atoms with Crippen LogP contribution in [-0.2, 0) is 5.41 Å². The highest BCUT2D eigenvalue weighted by atomic mass is 16.5. The normalized spacial score (nSPS) is 15.5. The molecule has 7 nitrogen and oxygen atoms in total. The fourth-order valence-corrected chi connectivity index (χ4v) is 4.17. The third-order valence-electron chi connectivity index (χ3n) is 6.00. The largest absolute Gasteiger partial charge is 0.496 e. The Bertz CT molecular complexity index is 960. The van der Waals surface area contributed by atoms with Crippen molar-refractivity contribution in [2.75, 3.05) is 33.3 Å². The molecule has 1 heterocycles. The minimum atomic E-state index is -0.196. The summed E-state index contributed by atoms with van der Waals surface area (Å²) in [4.78, 5) is 19.6. The van der Waals surface area contributed by atoms with Gasteiger partial charge in [-0.15, -0.1) is 0 Å². The fraction of sp³-hybridized carbons (Fsp3) is 0.400. The summed E-state index contributed by atoms with van der Waals surface area (Å²) >= 11 is 0. The van der Waals surface area contributed by atoms with Crippen LogP contribution in [0.25, 0.3) is 0 Å². The van der Waals surface area contributed by atoms with E-state index in [1.54, 1.807) is 19.2 Å². The predicted octanol–water partition coefficient (Wildman–Crippen LogP) is 3.30. The number of ether oxygens (including phenoxy) is 1. The summed E-state index contributed by atoms with van der Waals surface area (Å²) in [6.45, 7) is 4.76. The number of nitriles is 1. The third kappa shape index (κ3) is 5.38. The number of piperidine rings is 1. The van der Waals surface area contributed by atoms with E-state index in [1.807, 2.05) is 36.5 Å². The molecule has 1 amide bonds. The highest BCUT2D eigenvalue weighted by Crippen LogP contribution is 2.35. The Balaban J connectivity index is 1.77. The van der Waals surface area contributed by atoms with E-state index < -0.39 is 0 Å². The van der Waals surface area contributed by atoms with Crippen LogP contribution in [0.4, 0.5) is 0 Å². The number of rotatable bonds is 7. The smallest absolute Gasteiger partial charge is 0.255 e. The lowest BCUT2D eigenvalue weighted by Crippen LogP contribution is -2.52. The van der Waals surface area contributed by atoms with Gasteiger partial charge in [-0.1, -0.05) is 49.4 Å². The minimum absolute atomic E-state index is 0.142. The van der Waals surface area contributed by atoms with Gasteiger partial charge in [-0.2, -0.15) is 5.26 Å². The number of para-hydroxylation sites is 1. The quantitative estimate of drug-likeness (QED) is 0.303. The minimum Gasteiger partial charge on any atom is -0.496 e. The molecule has 32 heavy (non-hydrogen) atoms. The van der Waals surface area contributed by atoms with Crippen molar-refractivity contribution in [3.05, 3.63) is 65.7 Å². The lowest BCUT2D eigenvalue weighted by atomic mass is 9.72. The van der Waals surface area contributed by atoms with E-state index in [9.17, 15) is 4.79 Å². The van der Waals surface area contributed by atoms with Crippen LogP contribution in [0, 0.1) is 11.5 Å². The zero-order valence-electron chi connectivity index (χ0n) is 18.8. The Morgan fingerprint density at radius 3 is 2.50 bits per heavy atom. The van der Waals surface area contributed by atoms with E-state index in [0.717, 1.165) is 32.4 Å². The van der Waals surface area contributed by atoms with Gasteiger partial charge in [-0.05, 0) is 37.0 Å². The first kappa shape index (κ1) is 23.1. The van der Waals surface area contributed by atoms with Gasteiger partial charge in [-0.25, -0.2) is 0 Å². The zero-order valence-corrected chi connectivity index (χ0v) is 18.8. The number of hydrogen-bond acceptors (Lipinski definition) is 4. The molecule has 0 unspecified atom stereocenters. The lowest BCUT2D eigenvalue weighted by molar-refractivity contribution is 0.0929. The van der Waals surface area contributed by atoms with E-state index in [1.165, 1.54) is 5.56 Å². The van der Waals surface area contributed by atoms with Crippen LogP contribution in [0.1, 0.15) is 42.1 Å². The van der Waals surface area contributed by atoms with Crippen molar-refractivity contribution in [1.29, 1.82) is 5.26 Å². The molecule has 0 saturated carbocycles. The molecule has 0 aliphatic carbocycles. The van der Waals surface area contributed by atoms with Crippen LogP contribution in [0.15, 0.2) is 59.6 Å². The molecular formula is C25H31N5O2. The molecule has 0 spiro atoms. The van der Waals surface area contributed by atoms with Crippen molar-refractivity contribution < 1.29 is 9.53 Å². The average molecular weight is 434 g/mol. The number of aliphatic imine (C=N–C) groups is 1. The molecule has 1 aliphatic heterocycles. The standard InChI is InChI=1S/C25H31N5O2/c1-3-15-27-24(29-19-26)30-16-13-25(14-17-30,20-9-5-4-6-10-20)18-28-23(31)21-11-7-8-12-22(21)32-2/h4-12H,3,13-18H2,1-2H3,(H,27,29)(H,28,31). The molecular weight excluding hydrogens is 402 g/mol. The first-order valence-electron chi connectivity index (χ1n) is 11.0. The van der Waals surface area contributed by atoms with E-state index in [4.69, 9.17) is 10.00 Å². The number of hydrogen-bond donors (Lipinski definition) is 2. The summed E-state index contributed by atoms with van der Waals surface area (Å²) in [5, 5.41) is 15.0. The number of amides is 1. The van der Waals surface area contributed by atoms with Crippen LogP contribution in [-0.4, -0.2) is 50.1 Å². The van der Waals surface area contributed by atoms with Crippen molar-refractivity contribution in [1.82, 2.24) is 15.5 Å². The van der Waals surface area contributed by atoms with Crippen LogP contribution in [0.5, 0.6) is 5.75 Å². The average Bonchev–Trinajstić information content (AvgIpc) is 2.86. The maximum absolute atomic E-state index is 12.9. The summed E-state index contributed by atoms with van der Waals surface area (Å²) < 4.78 is 5.35. The number of carbonyl (C=O) groups is 1. The van der Waals surface area contributed by atoms with E-state index in [0.29, 0.717) is 30.4 Å². The molecule has 2 aromatic carbocycles. The van der Waals surface area contributed by atoms with Crippen LogP contribution in [0.3, 0.4) is 0 Å². The van der Waals surface area contributed by atoms with Crippen molar-refractivity contribution in [2.24, 2.45) is 4.99 Å². The number of carbonyl (C=O) groups excluding carboxylic acids is 1. The van der Waals surface area contributed by atoms with Gasteiger partial charge in [0.1, 0.15) is 5.75 Å². The first-order valence-corrected chi connectivity index (χ1v) is 11.0. The number of nitrogens with zero attached hydrogens (tertiary/aromatic N) is 3. The molecule has 0 aromatic heterocycles. The third-order valence-corrected chi connectivity index (χ3v) is 6.00. The summed E-state index contributed by atoms with van der Waals surface area (Å²) in [6, 6.07) is 17.6. The molecule has 0 radical (unpaired) electrons. The summed E-state index contributed by atoms with van der Waals surface area (Å²) in [5.41, 5.74) is 1.54. The second kappa shape index (κ2) is 11.2. The molecule has 1 aliphatic rings. The van der Waals surface area contributed by atoms with Crippen LogP contribution in [0.2, 0.25) is 0 Å². The number of nitrogens with one attached hydrogen (secondary N) is 2. The predicted molar refractivity (Wildman–Crippen MR) is 126 cm³/mol. The van der Waals surface area contributed by atoms with Gasteiger partial charge in [-0.3, -0.25) is 15.1 Å². The molecule has 2 N–H and O–H groups in total. The maximum atomic E-state index is 12.9. The van der Waals surface area contributed by atoms with Crippen LogP contribution >= 0.6 is 0 Å². The summed E-state index contributed by atoms with van der Waals surface area (Å²) in [5.74, 6) is 1.05. The van der Waals surface area contributed by atoms with Gasteiger partial charge in [0.2, 0.25) is 5.96 Å². The zero-order chi connectivity index (χ0) is 22.8. The van der Waals surface area contributed by atoms with E-state index >= 15 is 0 Å². The molecule has 168 valence electrons. The molecule has 2 aromatic rings. The first-order chi connectivity index (χ1) is 15.6. The van der Waals surface area contributed by atoms with Gasteiger partial charge in [0.15, 0.2) is 6.19 Å². The van der Waals surface area contributed by atoms with Gasteiger partial charge in [0.05, 0.1) is 12.7 Å². The Morgan fingerprint density at radius 1 is 1.16 bits per heavy atom. The van der Waals surface area contributed by atoms with Gasteiger partial charge in [0.25, 0.3) is 5.91 Å². The Hall–Kier alpha value is -3.53. The molecule has 0 bridgehead atoms. The van der Waals surface area contributed by atoms with E-state index in [2.05, 4.69) is 39.6 Å². The SMILES string of the molecule is CCCN=C(NC#N)N1CCC(CNC(=O)c2ccccc2OC)(c2ccccc2)CC1. The van der Waals surface area contributed by atoms with Gasteiger partial charge in [0, 0.05) is 31.6 Å². The van der Waals surface area contributed by atoms with E-state index in [-0.39, 0.29) is 11.3 Å². The fourth-order valence-electron chi connectivity index (χ4n) is 4.17. The highest BCUT2D eigenvalue weighted by molar-refractivity contribution is 5.97. The number of guanidine groups is 1. The molecule has 1 saturated heterocycles. The molecule has 1 fully saturated rings. The second-order valence-corrected chi connectivity index (χ2v) is 7.96. The molecule has 3 rings (SSSR count). The van der Waals surface area contributed by atoms with Crippen molar-refractivity contribution in [2.45, 2.75) is 31.6 Å². The topological polar surface area (TPSA) is 89.8 Å². The monoisotopic (exact) mass is 433 g/mol. The van der Waals surface area contributed by atoms with Crippen molar-refractivity contribution in [3.8, 4) is 11.9 Å². The summed E-state index contributed by atoms with van der Waals surface area (Å²) in [6.07, 6.45) is 4.60. The molecule has 7 heteroatoms. The van der Waals surface area contributed by atoms with Crippen molar-refractivity contribution >= 4 is 11.9 Å². The highest BCUT2D eigenvalue weighted by Gasteiger charge is 2.37. The van der Waals surface area contributed by atoms with Crippen LogP contribution < -0.4 is 15.4 Å².